The number of aromatic nitrogens is 1. The molecule has 1 heterocycles. The van der Waals surface area contributed by atoms with Gasteiger partial charge in [-0.1, -0.05) is 48.5 Å². The van der Waals surface area contributed by atoms with E-state index >= 15 is 0 Å². The first kappa shape index (κ1) is 18.4. The second kappa shape index (κ2) is 7.98. The largest absolute Gasteiger partial charge is 0.478 e. The number of nitrogens with zero attached hydrogens (tertiary/aromatic N) is 1. The Labute approximate surface area is 166 Å². The molecule has 0 aliphatic rings. The van der Waals surface area contributed by atoms with Gasteiger partial charge in [-0.25, -0.2) is 9.78 Å². The lowest BCUT2D eigenvalue weighted by Crippen LogP contribution is -2.24. The molecule has 1 aromatic heterocycles. The number of fused-ring (bicyclic) bond motifs is 1. The highest BCUT2D eigenvalue weighted by atomic mass is 16.4. The van der Waals surface area contributed by atoms with Crippen LogP contribution in [0.5, 0.6) is 0 Å². The van der Waals surface area contributed by atoms with Crippen LogP contribution in [-0.2, 0) is 17.8 Å². The second-order valence-corrected chi connectivity index (χ2v) is 6.62. The molecular formula is C23H18N2O4. The zero-order chi connectivity index (χ0) is 20.2. The lowest BCUT2D eigenvalue weighted by atomic mass is 10.1. The number of amides is 1. The number of hydrogen-bond donors (Lipinski definition) is 2. The molecule has 3 aromatic carbocycles. The molecule has 144 valence electrons. The zero-order valence-corrected chi connectivity index (χ0v) is 15.5. The molecule has 0 aliphatic carbocycles. The number of carbonyl (C=O) groups excluding carboxylic acids is 1. The highest BCUT2D eigenvalue weighted by molar-refractivity contribution is 5.87. The van der Waals surface area contributed by atoms with E-state index in [0.717, 1.165) is 11.1 Å². The van der Waals surface area contributed by atoms with Crippen molar-refractivity contribution in [1.29, 1.82) is 0 Å². The van der Waals surface area contributed by atoms with Gasteiger partial charge in [0, 0.05) is 6.54 Å². The maximum atomic E-state index is 12.2. The Hall–Kier alpha value is -3.93. The van der Waals surface area contributed by atoms with Crippen LogP contribution < -0.4 is 5.32 Å². The predicted molar refractivity (Wildman–Crippen MR) is 108 cm³/mol. The smallest absolute Gasteiger partial charge is 0.335 e. The molecule has 2 N–H and O–H groups in total. The molecule has 0 unspecified atom stereocenters. The van der Waals surface area contributed by atoms with Crippen LogP contribution in [0, 0.1) is 0 Å². The number of benzene rings is 3. The summed E-state index contributed by atoms with van der Waals surface area (Å²) in [6.45, 7) is 0.234. The third-order valence-electron chi connectivity index (χ3n) is 4.51. The molecule has 0 fully saturated rings. The summed E-state index contributed by atoms with van der Waals surface area (Å²) in [5, 5.41) is 11.8. The molecule has 0 saturated carbocycles. The maximum Gasteiger partial charge on any atom is 0.335 e. The second-order valence-electron chi connectivity index (χ2n) is 6.62. The molecule has 0 atom stereocenters. The van der Waals surface area contributed by atoms with E-state index in [0.29, 0.717) is 22.6 Å². The topological polar surface area (TPSA) is 92.4 Å². The van der Waals surface area contributed by atoms with Crippen molar-refractivity contribution in [2.75, 3.05) is 0 Å². The first-order valence-electron chi connectivity index (χ1n) is 9.12. The summed E-state index contributed by atoms with van der Waals surface area (Å²) < 4.78 is 5.68. The molecule has 4 rings (SSSR count). The molecule has 29 heavy (non-hydrogen) atoms. The number of hydrogen-bond acceptors (Lipinski definition) is 4. The first-order chi connectivity index (χ1) is 14.1. The van der Waals surface area contributed by atoms with Gasteiger partial charge < -0.3 is 14.8 Å². The average Bonchev–Trinajstić information content (AvgIpc) is 3.14. The highest BCUT2D eigenvalue weighted by Gasteiger charge is 2.12. The van der Waals surface area contributed by atoms with Crippen molar-refractivity contribution in [3.05, 3.63) is 89.8 Å². The van der Waals surface area contributed by atoms with E-state index in [1.165, 1.54) is 12.1 Å². The van der Waals surface area contributed by atoms with E-state index in [9.17, 15) is 9.59 Å². The van der Waals surface area contributed by atoms with Gasteiger partial charge in [0.15, 0.2) is 5.58 Å². The average molecular weight is 386 g/mol. The number of aromatic carboxylic acids is 1. The van der Waals surface area contributed by atoms with Crippen molar-refractivity contribution < 1.29 is 19.1 Å². The van der Waals surface area contributed by atoms with Gasteiger partial charge in [-0.15, -0.1) is 0 Å². The van der Waals surface area contributed by atoms with E-state index in [1.807, 2.05) is 48.5 Å². The third-order valence-corrected chi connectivity index (χ3v) is 4.51. The van der Waals surface area contributed by atoms with Gasteiger partial charge in [-0.05, 0) is 41.0 Å². The molecular weight excluding hydrogens is 368 g/mol. The van der Waals surface area contributed by atoms with Crippen molar-refractivity contribution >= 4 is 23.0 Å². The SMILES string of the molecule is O=C(Cc1nc2cc(-c3ccccc3)ccc2o1)NCc1cccc(C(=O)O)c1. The van der Waals surface area contributed by atoms with E-state index < -0.39 is 5.97 Å². The summed E-state index contributed by atoms with van der Waals surface area (Å²) >= 11 is 0. The minimum atomic E-state index is -1.00. The van der Waals surface area contributed by atoms with E-state index in [-0.39, 0.29) is 24.4 Å². The lowest BCUT2D eigenvalue weighted by molar-refractivity contribution is -0.120. The van der Waals surface area contributed by atoms with Crippen LogP contribution in [0.2, 0.25) is 0 Å². The molecule has 6 nitrogen and oxygen atoms in total. The fraction of sp³-hybridized carbons (Fsp3) is 0.0870. The van der Waals surface area contributed by atoms with Crippen molar-refractivity contribution in [1.82, 2.24) is 10.3 Å². The van der Waals surface area contributed by atoms with Gasteiger partial charge in [-0.2, -0.15) is 0 Å². The Morgan fingerprint density at radius 2 is 1.76 bits per heavy atom. The molecule has 0 spiro atoms. The van der Waals surface area contributed by atoms with Gasteiger partial charge in [0.05, 0.1) is 5.56 Å². The number of rotatable bonds is 6. The summed E-state index contributed by atoms with van der Waals surface area (Å²) in [6, 6.07) is 22.2. The maximum absolute atomic E-state index is 12.2. The normalized spacial score (nSPS) is 10.8. The summed E-state index contributed by atoms with van der Waals surface area (Å²) in [7, 11) is 0. The monoisotopic (exact) mass is 386 g/mol. The predicted octanol–water partition coefficient (Wildman–Crippen LogP) is 4.05. The van der Waals surface area contributed by atoms with E-state index in [1.54, 1.807) is 12.1 Å². The first-order valence-corrected chi connectivity index (χ1v) is 9.12. The number of carboxylic acid groups (broad SMARTS) is 1. The van der Waals surface area contributed by atoms with Crippen LogP contribution in [0.3, 0.4) is 0 Å². The third kappa shape index (κ3) is 4.32. The Bertz CT molecular complexity index is 1180. The quantitative estimate of drug-likeness (QED) is 0.521. The molecule has 0 radical (unpaired) electrons. The Balaban J connectivity index is 1.43. The molecule has 4 aromatic rings. The van der Waals surface area contributed by atoms with Crippen molar-refractivity contribution in [3.8, 4) is 11.1 Å². The number of oxazole rings is 1. The fourth-order valence-electron chi connectivity index (χ4n) is 3.08. The van der Waals surface area contributed by atoms with Crippen LogP contribution in [-0.4, -0.2) is 22.0 Å². The van der Waals surface area contributed by atoms with Crippen LogP contribution in [0.1, 0.15) is 21.8 Å². The number of carbonyl (C=O) groups is 2. The van der Waals surface area contributed by atoms with E-state index in [2.05, 4.69) is 10.3 Å². The molecule has 0 aliphatic heterocycles. The number of carboxylic acids is 1. The summed E-state index contributed by atoms with van der Waals surface area (Å²) in [5.41, 5.74) is 4.33. The van der Waals surface area contributed by atoms with Gasteiger partial charge >= 0.3 is 5.97 Å². The minimum absolute atomic E-state index is 0.00791. The summed E-state index contributed by atoms with van der Waals surface area (Å²) in [5.74, 6) is -0.915. The Morgan fingerprint density at radius 3 is 2.55 bits per heavy atom. The van der Waals surface area contributed by atoms with Gasteiger partial charge in [0.1, 0.15) is 11.9 Å². The van der Waals surface area contributed by atoms with E-state index in [4.69, 9.17) is 9.52 Å². The van der Waals surface area contributed by atoms with Gasteiger partial charge in [0.25, 0.3) is 0 Å². The zero-order valence-electron chi connectivity index (χ0n) is 15.5. The highest BCUT2D eigenvalue weighted by Crippen LogP contribution is 2.24. The van der Waals surface area contributed by atoms with Crippen molar-refractivity contribution in [3.63, 3.8) is 0 Å². The molecule has 0 saturated heterocycles. The minimum Gasteiger partial charge on any atom is -0.478 e. The van der Waals surface area contributed by atoms with Crippen LogP contribution >= 0.6 is 0 Å². The lowest BCUT2D eigenvalue weighted by Gasteiger charge is -2.05. The molecule has 0 bridgehead atoms. The van der Waals surface area contributed by atoms with Crippen LogP contribution in [0.25, 0.3) is 22.2 Å². The molecule has 6 heteroatoms. The fourth-order valence-corrected chi connectivity index (χ4v) is 3.08. The summed E-state index contributed by atoms with van der Waals surface area (Å²) in [4.78, 5) is 27.7. The van der Waals surface area contributed by atoms with Crippen LogP contribution in [0.15, 0.2) is 77.2 Å². The summed E-state index contributed by atoms with van der Waals surface area (Å²) in [6.07, 6.45) is 0.00791. The van der Waals surface area contributed by atoms with Crippen molar-refractivity contribution in [2.45, 2.75) is 13.0 Å². The van der Waals surface area contributed by atoms with Crippen molar-refractivity contribution in [2.24, 2.45) is 0 Å². The standard InChI is InChI=1S/C23H18N2O4/c26-21(24-14-15-5-4-8-18(11-15)23(27)28)13-22-25-19-12-17(9-10-20(19)29-22)16-6-2-1-3-7-16/h1-12H,13-14H2,(H,24,26)(H,27,28). The molecule has 1 amide bonds. The van der Waals surface area contributed by atoms with Gasteiger partial charge in [-0.3, -0.25) is 4.79 Å². The van der Waals surface area contributed by atoms with Crippen LogP contribution in [0.4, 0.5) is 0 Å². The van der Waals surface area contributed by atoms with Gasteiger partial charge in [0.2, 0.25) is 11.8 Å². The Kier molecular flexibility index (Phi) is 5.07. The number of nitrogens with one attached hydrogen (secondary N) is 1. The Morgan fingerprint density at radius 1 is 0.931 bits per heavy atom.